The van der Waals surface area contributed by atoms with Crippen LogP contribution in [0.3, 0.4) is 0 Å². The van der Waals surface area contributed by atoms with Crippen LogP contribution in [0.2, 0.25) is 0 Å². The zero-order valence-corrected chi connectivity index (χ0v) is 17.6. The van der Waals surface area contributed by atoms with Gasteiger partial charge >= 0.3 is 0 Å². The van der Waals surface area contributed by atoms with Gasteiger partial charge in [0.15, 0.2) is 17.1 Å². The smallest absolute Gasteiger partial charge is 0.253 e. The van der Waals surface area contributed by atoms with Gasteiger partial charge in [0, 0.05) is 31.7 Å². The van der Waals surface area contributed by atoms with Crippen LogP contribution in [0.4, 0.5) is 0 Å². The van der Waals surface area contributed by atoms with Gasteiger partial charge in [-0.15, -0.1) is 0 Å². The molecule has 1 N–H and O–H groups in total. The van der Waals surface area contributed by atoms with Gasteiger partial charge in [0.1, 0.15) is 11.5 Å². The maximum atomic E-state index is 13.2. The summed E-state index contributed by atoms with van der Waals surface area (Å²) in [6.07, 6.45) is 3.90. The zero-order valence-electron chi connectivity index (χ0n) is 17.6. The number of aliphatic hydroxyl groups excluding tert-OH is 1. The Bertz CT molecular complexity index is 1250. The number of carbonyl (C=O) groups excluding carboxylic acids is 2. The van der Waals surface area contributed by atoms with E-state index in [4.69, 9.17) is 4.42 Å². The summed E-state index contributed by atoms with van der Waals surface area (Å²) in [6, 6.07) is 6.93. The van der Waals surface area contributed by atoms with Gasteiger partial charge in [0.25, 0.3) is 5.91 Å². The number of nitrogens with zero attached hydrogens (tertiary/aromatic N) is 2. The molecule has 1 fully saturated rings. The number of fused-ring (bicyclic) bond motifs is 1. The number of piperazine rings is 1. The number of allylic oxidation sites excluding steroid dienone is 2. The first-order valence-electron chi connectivity index (χ1n) is 10.2. The first kappa shape index (κ1) is 20.8. The second-order valence-corrected chi connectivity index (χ2v) is 7.84. The molecule has 160 valence electrons. The van der Waals surface area contributed by atoms with Crippen molar-refractivity contribution in [3.05, 3.63) is 68.3 Å². The third kappa shape index (κ3) is 3.84. The van der Waals surface area contributed by atoms with Crippen LogP contribution in [0.5, 0.6) is 0 Å². The first-order chi connectivity index (χ1) is 14.9. The van der Waals surface area contributed by atoms with E-state index >= 15 is 0 Å². The normalized spacial score (nSPS) is 16.8. The summed E-state index contributed by atoms with van der Waals surface area (Å²) in [4.78, 5) is 41.5. The van der Waals surface area contributed by atoms with Crippen LogP contribution < -0.4 is 16.1 Å². The molecule has 7 nitrogen and oxygen atoms in total. The molecular weight excluding hydrogens is 396 g/mol. The standard InChI is InChI=1S/C24H24N2O5/c1-15-21(22(29)18-4-3-5-20(28)19(14-27)23(18)31-15)16-6-8-17(9-7-16)24(30)26-12-10-25(2)11-13-26/h4-9,14,28H,3,10-13H2,1-2H3. The highest BCUT2D eigenvalue weighted by atomic mass is 16.3. The number of hydrogen-bond acceptors (Lipinski definition) is 6. The fourth-order valence-corrected chi connectivity index (χ4v) is 3.98. The van der Waals surface area contributed by atoms with Gasteiger partial charge in [-0.1, -0.05) is 18.2 Å². The van der Waals surface area contributed by atoms with E-state index in [1.807, 2.05) is 11.9 Å². The molecule has 1 aromatic carbocycles. The molecule has 1 amide bonds. The van der Waals surface area contributed by atoms with E-state index in [-0.39, 0.29) is 33.3 Å². The summed E-state index contributed by atoms with van der Waals surface area (Å²) >= 11 is 0. The van der Waals surface area contributed by atoms with Crippen molar-refractivity contribution >= 4 is 23.8 Å². The second-order valence-electron chi connectivity index (χ2n) is 7.84. The van der Waals surface area contributed by atoms with Crippen LogP contribution in [0.15, 0.2) is 45.3 Å². The largest absolute Gasteiger partial charge is 0.507 e. The third-order valence-electron chi connectivity index (χ3n) is 5.81. The Hall–Kier alpha value is -3.45. The molecule has 2 aromatic rings. The number of carbonyl (C=O) groups is 2. The SMILES string of the molecule is Cc1oc2c(c(=O)c1-c1ccc(C(=O)N3CCN(C)CC3)cc1)=CCC=C(O)C=2C=O. The third-order valence-corrected chi connectivity index (χ3v) is 5.81. The van der Waals surface area contributed by atoms with Gasteiger partial charge in [-0.25, -0.2) is 0 Å². The fourth-order valence-electron chi connectivity index (χ4n) is 3.98. The molecule has 1 aliphatic carbocycles. The quantitative estimate of drug-likeness (QED) is 0.745. The molecule has 7 heteroatoms. The minimum atomic E-state index is -0.278. The highest BCUT2D eigenvalue weighted by Gasteiger charge is 2.21. The molecule has 0 radical (unpaired) electrons. The molecule has 0 unspecified atom stereocenters. The van der Waals surface area contributed by atoms with E-state index in [1.54, 1.807) is 37.3 Å². The molecular formula is C24H24N2O5. The lowest BCUT2D eigenvalue weighted by molar-refractivity contribution is -0.103. The van der Waals surface area contributed by atoms with E-state index < -0.39 is 0 Å². The topological polar surface area (TPSA) is 91.1 Å². The number of aldehydes is 1. The van der Waals surface area contributed by atoms with Gasteiger partial charge in [0.05, 0.1) is 16.4 Å². The lowest BCUT2D eigenvalue weighted by Crippen LogP contribution is -2.47. The number of amides is 1. The van der Waals surface area contributed by atoms with Gasteiger partial charge in [-0.05, 0) is 44.2 Å². The van der Waals surface area contributed by atoms with E-state index in [0.29, 0.717) is 48.2 Å². The molecule has 0 bridgehead atoms. The van der Waals surface area contributed by atoms with Crippen molar-refractivity contribution in [3.63, 3.8) is 0 Å². The van der Waals surface area contributed by atoms with Gasteiger partial charge < -0.3 is 19.3 Å². The number of rotatable bonds is 3. The van der Waals surface area contributed by atoms with Crippen LogP contribution in [0.25, 0.3) is 22.8 Å². The second kappa shape index (κ2) is 8.35. The van der Waals surface area contributed by atoms with Crippen molar-refractivity contribution in [2.24, 2.45) is 0 Å². The van der Waals surface area contributed by atoms with Crippen molar-refractivity contribution in [2.45, 2.75) is 13.3 Å². The van der Waals surface area contributed by atoms with E-state index in [2.05, 4.69) is 4.90 Å². The van der Waals surface area contributed by atoms with Gasteiger partial charge in [-0.3, -0.25) is 14.4 Å². The Morgan fingerprint density at radius 1 is 1.10 bits per heavy atom. The molecule has 1 aromatic heterocycles. The summed E-state index contributed by atoms with van der Waals surface area (Å²) in [5.41, 5.74) is 1.34. The summed E-state index contributed by atoms with van der Waals surface area (Å²) in [7, 11) is 2.04. The van der Waals surface area contributed by atoms with Crippen LogP contribution in [0.1, 0.15) is 22.5 Å². The van der Waals surface area contributed by atoms with Crippen LogP contribution in [-0.4, -0.2) is 60.3 Å². The minimum absolute atomic E-state index is 0.0227. The van der Waals surface area contributed by atoms with Crippen molar-refractivity contribution in [1.29, 1.82) is 0 Å². The highest BCUT2D eigenvalue weighted by molar-refractivity contribution is 6.04. The first-order valence-corrected chi connectivity index (χ1v) is 10.2. The number of aryl methyl sites for hydroxylation is 1. The molecule has 31 heavy (non-hydrogen) atoms. The Balaban J connectivity index is 1.74. The summed E-state index contributed by atoms with van der Waals surface area (Å²) < 4.78 is 5.82. The number of likely N-dealkylation sites (N-methyl/N-ethyl adjacent to an activating group) is 1. The Kier molecular flexibility index (Phi) is 5.61. The predicted octanol–water partition coefficient (Wildman–Crippen LogP) is 0.979. The molecule has 0 spiro atoms. The molecule has 1 aliphatic heterocycles. The van der Waals surface area contributed by atoms with Crippen molar-refractivity contribution in [3.8, 4) is 11.1 Å². The van der Waals surface area contributed by atoms with Crippen molar-refractivity contribution < 1.29 is 19.1 Å². The summed E-state index contributed by atoms with van der Waals surface area (Å²) in [5, 5.41) is 10.3. The Morgan fingerprint density at radius 3 is 2.42 bits per heavy atom. The molecule has 4 rings (SSSR count). The monoisotopic (exact) mass is 420 g/mol. The van der Waals surface area contributed by atoms with Crippen LogP contribution >= 0.6 is 0 Å². The zero-order chi connectivity index (χ0) is 22.1. The van der Waals surface area contributed by atoms with Gasteiger partial charge in [0.2, 0.25) is 0 Å². The Labute approximate surface area is 179 Å². The van der Waals surface area contributed by atoms with Gasteiger partial charge in [-0.2, -0.15) is 0 Å². The number of hydrogen-bond donors (Lipinski definition) is 1. The average molecular weight is 420 g/mol. The van der Waals surface area contributed by atoms with E-state index in [1.165, 1.54) is 6.08 Å². The summed E-state index contributed by atoms with van der Waals surface area (Å²) in [5.74, 6) is 0.113. The van der Waals surface area contributed by atoms with Crippen LogP contribution in [0, 0.1) is 6.92 Å². The summed E-state index contributed by atoms with van der Waals surface area (Å²) in [6.45, 7) is 4.72. The maximum absolute atomic E-state index is 13.2. The fraction of sp³-hybridized carbons (Fsp3) is 0.292. The van der Waals surface area contributed by atoms with E-state index in [9.17, 15) is 19.5 Å². The lowest BCUT2D eigenvalue weighted by atomic mass is 10.0. The Morgan fingerprint density at radius 2 is 1.77 bits per heavy atom. The predicted molar refractivity (Wildman–Crippen MR) is 117 cm³/mol. The molecule has 1 saturated heterocycles. The molecule has 0 saturated carbocycles. The maximum Gasteiger partial charge on any atom is 0.253 e. The number of benzene rings is 1. The molecule has 2 aliphatic rings. The van der Waals surface area contributed by atoms with Crippen molar-refractivity contribution in [2.75, 3.05) is 33.2 Å². The lowest BCUT2D eigenvalue weighted by Gasteiger charge is -2.32. The average Bonchev–Trinajstić information content (AvgIpc) is 2.92. The van der Waals surface area contributed by atoms with E-state index in [0.717, 1.165) is 13.1 Å². The number of aliphatic hydroxyl groups is 1. The van der Waals surface area contributed by atoms with Crippen LogP contribution in [-0.2, 0) is 4.79 Å². The van der Waals surface area contributed by atoms with Crippen molar-refractivity contribution in [1.82, 2.24) is 9.80 Å². The highest BCUT2D eigenvalue weighted by Crippen LogP contribution is 2.20. The molecule has 2 heterocycles. The minimum Gasteiger partial charge on any atom is -0.507 e. The molecule has 0 atom stereocenters.